The molecule has 0 radical (unpaired) electrons. The average Bonchev–Trinajstić information content (AvgIpc) is 3.26. The monoisotopic (exact) mass is 980 g/mol. The largest absolute Gasteiger partial charge is 1.00 e. The van der Waals surface area contributed by atoms with Gasteiger partial charge < -0.3 is 51.8 Å². The van der Waals surface area contributed by atoms with Crippen LogP contribution in [0.5, 0.6) is 0 Å². The maximum atomic E-state index is 13.3. The minimum atomic E-state index is -3.94. The average molecular weight is 982 g/mol. The lowest BCUT2D eigenvalue weighted by molar-refractivity contribution is -0.890. The van der Waals surface area contributed by atoms with Crippen LogP contribution in [-0.4, -0.2) is 132 Å². The Bertz CT molecular complexity index is 2090. The molecule has 0 aliphatic heterocycles. The van der Waals surface area contributed by atoms with Gasteiger partial charge in [-0.1, -0.05) is 75.7 Å². The zero-order chi connectivity index (χ0) is 47.2. The molecule has 2 aromatic rings. The Hall–Kier alpha value is -4.41. The lowest BCUT2D eigenvalue weighted by atomic mass is 9.69. The molecular weight excluding hydrogens is 909 g/mol. The summed E-state index contributed by atoms with van der Waals surface area (Å²) < 4.78 is 31.5. The number of ketones is 4. The molecule has 4 atom stereocenters. The number of hydrogen-bond donors (Lipinski definition) is 4. The summed E-state index contributed by atoms with van der Waals surface area (Å²) in [6, 6.07) is 14.4. The number of Topliss-reactive ketones (excluding diaryl/α,β-unsaturated/α-hetero) is 4. The summed E-state index contributed by atoms with van der Waals surface area (Å²) in [6.07, 6.45) is 13.4. The summed E-state index contributed by atoms with van der Waals surface area (Å²) in [5.41, 5.74) is 5.49. The van der Waals surface area contributed by atoms with Crippen molar-refractivity contribution in [1.82, 2.24) is 21.3 Å². The number of nitrogens with zero attached hydrogens (tertiary/aromatic N) is 2. The zero-order valence-electron chi connectivity index (χ0n) is 40.0. The van der Waals surface area contributed by atoms with Gasteiger partial charge >= 0.3 is 0 Å². The molecule has 0 heterocycles. The van der Waals surface area contributed by atoms with Gasteiger partial charge in [0, 0.05) is 90.8 Å². The topological polar surface area (TPSA) is 174 Å². The summed E-state index contributed by atoms with van der Waals surface area (Å²) in [5, 5.41) is 13.2. The van der Waals surface area contributed by atoms with Crippen LogP contribution < -0.4 is 38.2 Å². The smallest absolute Gasteiger partial charge is 0.173 e. The molecule has 0 bridgehead atoms. The molecule has 13 nitrogen and oxygen atoms in total. The van der Waals surface area contributed by atoms with E-state index in [1.165, 1.54) is 12.8 Å². The number of benzene rings is 2. The van der Waals surface area contributed by atoms with E-state index in [1.54, 1.807) is 38.4 Å². The number of hydrogen-bond acceptors (Lipinski definition) is 11. The van der Waals surface area contributed by atoms with Crippen LogP contribution >= 0.6 is 0 Å². The first-order valence-corrected chi connectivity index (χ1v) is 24.5. The Morgan fingerprint density at radius 2 is 0.815 bits per heavy atom. The number of nitrogens with one attached hydrogen (secondary N) is 4. The van der Waals surface area contributed by atoms with Crippen molar-refractivity contribution in [2.45, 2.75) is 59.3 Å². The van der Waals surface area contributed by atoms with Crippen molar-refractivity contribution in [2.75, 3.05) is 87.3 Å². The Labute approximate surface area is 399 Å². The van der Waals surface area contributed by atoms with Crippen molar-refractivity contribution in [3.63, 3.8) is 0 Å². The molecule has 4 aliphatic carbocycles. The molecule has 4 N–H and O–H groups in total. The Balaban J connectivity index is 0.000000292. The Kier molecular flexibility index (Phi) is 21.1. The lowest BCUT2D eigenvalue weighted by Gasteiger charge is -2.36. The van der Waals surface area contributed by atoms with E-state index >= 15 is 0 Å². The normalized spacial score (nSPS) is 19.9. The highest BCUT2D eigenvalue weighted by Gasteiger charge is 2.47. The van der Waals surface area contributed by atoms with Crippen molar-refractivity contribution in [3.8, 4) is 0 Å². The zero-order valence-corrected chi connectivity index (χ0v) is 42.4. The minimum Gasteiger partial charge on any atom is -1.00 e. The third-order valence-electron chi connectivity index (χ3n) is 12.5. The first kappa shape index (κ1) is 54.9. The van der Waals surface area contributed by atoms with E-state index in [4.69, 9.17) is 0 Å². The van der Waals surface area contributed by atoms with Crippen LogP contribution in [0.4, 0.5) is 0 Å². The molecule has 65 heavy (non-hydrogen) atoms. The van der Waals surface area contributed by atoms with E-state index in [2.05, 4.69) is 63.3 Å². The highest BCUT2D eigenvalue weighted by molar-refractivity contribution is 7.85. The number of rotatable bonds is 19. The van der Waals surface area contributed by atoms with Crippen LogP contribution in [0.2, 0.25) is 0 Å². The number of unbranched alkanes of at least 4 members (excludes halogenated alkanes) is 1. The van der Waals surface area contributed by atoms with E-state index in [0.29, 0.717) is 28.7 Å². The fourth-order valence-electron chi connectivity index (χ4n) is 9.21. The fourth-order valence-corrected chi connectivity index (χ4v) is 9.85. The summed E-state index contributed by atoms with van der Waals surface area (Å²) >= 11 is 0. The van der Waals surface area contributed by atoms with Crippen LogP contribution in [0.3, 0.4) is 0 Å². The molecule has 0 saturated carbocycles. The standard InChI is InChI=1S/2C23H32N3O2.C4H10O3S.BrH/c2*1-5-14-26(3,4)15-8-13-25-19-12-11-18(24-2)20-21(19)23(28)17-10-7-6-9-16(17)22(20)27;1-2-3-4-8(5,6)7;/h2*6-7,9-12,20-21,24-25H,5,8,13-15H2,1-4H3;2-4H2,1H3,(H,5,6,7);1H/q2*+1;;/p-2. The predicted molar refractivity (Wildman–Crippen MR) is 254 cm³/mol. The third-order valence-corrected chi connectivity index (χ3v) is 13.2. The van der Waals surface area contributed by atoms with Crippen LogP contribution in [0, 0.1) is 23.7 Å². The maximum absolute atomic E-state index is 13.3. The van der Waals surface area contributed by atoms with Crippen LogP contribution in [0.25, 0.3) is 0 Å². The number of fused-ring (bicyclic) bond motifs is 4. The lowest BCUT2D eigenvalue weighted by Crippen LogP contribution is -3.00. The summed E-state index contributed by atoms with van der Waals surface area (Å²) in [4.78, 5) is 52.8. The Morgan fingerprint density at radius 3 is 1.08 bits per heavy atom. The van der Waals surface area contributed by atoms with Gasteiger partial charge in [-0.3, -0.25) is 19.2 Å². The molecule has 0 saturated heterocycles. The first-order valence-electron chi connectivity index (χ1n) is 22.9. The van der Waals surface area contributed by atoms with Gasteiger partial charge in [0.15, 0.2) is 23.1 Å². The van der Waals surface area contributed by atoms with Gasteiger partial charge in [0.25, 0.3) is 0 Å². The van der Waals surface area contributed by atoms with Crippen molar-refractivity contribution in [2.24, 2.45) is 23.7 Å². The number of halogens is 1. The molecule has 0 fully saturated rings. The van der Waals surface area contributed by atoms with Gasteiger partial charge in [-0.15, -0.1) is 0 Å². The molecule has 2 aromatic carbocycles. The maximum Gasteiger partial charge on any atom is 0.173 e. The molecule has 15 heteroatoms. The molecule has 4 unspecified atom stereocenters. The summed E-state index contributed by atoms with van der Waals surface area (Å²) in [7, 11) is 8.68. The second-order valence-electron chi connectivity index (χ2n) is 18.4. The van der Waals surface area contributed by atoms with Crippen molar-refractivity contribution in [3.05, 3.63) is 118 Å². The van der Waals surface area contributed by atoms with E-state index in [-0.39, 0.29) is 45.9 Å². The van der Waals surface area contributed by atoms with Crippen molar-refractivity contribution >= 4 is 33.3 Å². The minimum absolute atomic E-state index is 0. The van der Waals surface area contributed by atoms with Gasteiger partial charge in [0.2, 0.25) is 0 Å². The SMILES string of the molecule is CCCCS(=O)(=O)[O-].CCC[N+](C)(C)CCCNC1=CC=C(NC)C2C(=O)c3ccccc3C(=O)C12.CCC[N+](C)(C)CCCNC1=CC=C(NC)C2C(=O)c3ccccc3C(=O)C12.[Br-]. The van der Waals surface area contributed by atoms with Crippen molar-refractivity contribution in [1.29, 1.82) is 0 Å². The Morgan fingerprint density at radius 1 is 0.508 bits per heavy atom. The van der Waals surface area contributed by atoms with E-state index in [0.717, 1.165) is 90.3 Å². The highest BCUT2D eigenvalue weighted by atomic mass is 79.9. The second kappa shape index (κ2) is 24.9. The second-order valence-corrected chi connectivity index (χ2v) is 19.9. The van der Waals surface area contributed by atoms with E-state index in [9.17, 15) is 32.1 Å². The van der Waals surface area contributed by atoms with Crippen molar-refractivity contribution < 1.29 is 58.1 Å². The highest BCUT2D eigenvalue weighted by Crippen LogP contribution is 2.41. The molecule has 6 rings (SSSR count). The number of allylic oxidation sites excluding steroid dienone is 8. The predicted octanol–water partition coefficient (Wildman–Crippen LogP) is 2.87. The van der Waals surface area contributed by atoms with Gasteiger partial charge in [-0.05, 0) is 43.6 Å². The van der Waals surface area contributed by atoms with Gasteiger partial charge in [0.1, 0.15) is 0 Å². The third kappa shape index (κ3) is 14.5. The first-order chi connectivity index (χ1) is 30.3. The quantitative estimate of drug-likeness (QED) is 0.0927. The number of quaternary nitrogens is 2. The summed E-state index contributed by atoms with van der Waals surface area (Å²) in [5.74, 6) is -1.98. The van der Waals surface area contributed by atoms with Gasteiger partial charge in [-0.2, -0.15) is 0 Å². The summed E-state index contributed by atoms with van der Waals surface area (Å²) in [6.45, 7) is 12.3. The molecular formula is C50H73BrN6O7S. The molecule has 0 amide bonds. The van der Waals surface area contributed by atoms with E-state index < -0.39 is 33.8 Å². The van der Waals surface area contributed by atoms with Gasteiger partial charge in [-0.25, -0.2) is 8.42 Å². The molecule has 358 valence electrons. The molecule has 4 aliphatic rings. The van der Waals surface area contributed by atoms with Crippen LogP contribution in [0.1, 0.15) is 101 Å². The molecule has 0 aromatic heterocycles. The fraction of sp³-hybridized carbons (Fsp3) is 0.520. The van der Waals surface area contributed by atoms with E-state index in [1.807, 2.05) is 55.5 Å². The van der Waals surface area contributed by atoms with Gasteiger partial charge in [0.05, 0.1) is 88.2 Å². The number of carbonyl (C=O) groups excluding carboxylic acids is 4. The van der Waals surface area contributed by atoms with Crippen LogP contribution in [0.15, 0.2) is 95.6 Å². The molecule has 0 spiro atoms. The van der Waals surface area contributed by atoms with Crippen LogP contribution in [-0.2, 0) is 10.1 Å². The number of carbonyl (C=O) groups is 4.